The van der Waals surface area contributed by atoms with E-state index in [9.17, 15) is 24.6 Å². The molecule has 0 heterocycles. The van der Waals surface area contributed by atoms with E-state index in [1.54, 1.807) is 26.8 Å². The molecule has 4 rings (SSSR count). The zero-order valence-corrected chi connectivity index (χ0v) is 20.7. The molecule has 6 nitrogen and oxygen atoms in total. The van der Waals surface area contributed by atoms with Gasteiger partial charge in [-0.2, -0.15) is 0 Å². The summed E-state index contributed by atoms with van der Waals surface area (Å²) in [6.07, 6.45) is 4.29. The Morgan fingerprint density at radius 1 is 1.31 bits per heavy atom. The van der Waals surface area contributed by atoms with Crippen molar-refractivity contribution in [3.05, 3.63) is 23.8 Å². The quantitative estimate of drug-likeness (QED) is 0.312. The van der Waals surface area contributed by atoms with E-state index in [1.165, 1.54) is 12.2 Å². The molecule has 0 amide bonds. The molecular weight excluding hydrogens is 530 g/mol. The molecule has 3 fully saturated rings. The predicted molar refractivity (Wildman–Crippen MR) is 123 cm³/mol. The van der Waals surface area contributed by atoms with E-state index in [0.29, 0.717) is 24.8 Å². The van der Waals surface area contributed by atoms with Gasteiger partial charge in [-0.05, 0) is 56.6 Å². The summed E-state index contributed by atoms with van der Waals surface area (Å²) in [5.74, 6) is -2.73. The summed E-state index contributed by atoms with van der Waals surface area (Å²) in [6, 6.07) is 0. The number of rotatable bonds is 4. The minimum atomic E-state index is -2.01. The summed E-state index contributed by atoms with van der Waals surface area (Å²) in [7, 11) is 0. The van der Waals surface area contributed by atoms with Gasteiger partial charge in [-0.15, -0.1) is 0 Å². The first-order valence-electron chi connectivity index (χ1n) is 11.1. The van der Waals surface area contributed by atoms with Gasteiger partial charge in [0.2, 0.25) is 5.78 Å². The van der Waals surface area contributed by atoms with Crippen LogP contribution in [0.15, 0.2) is 23.8 Å². The molecule has 0 aromatic carbocycles. The molecule has 0 bridgehead atoms. The maximum Gasteiger partial charge on any atom is 0.316 e. The van der Waals surface area contributed by atoms with E-state index in [2.05, 4.69) is 0 Å². The number of halogens is 2. The first kappa shape index (κ1) is 24.0. The highest BCUT2D eigenvalue weighted by molar-refractivity contribution is 14.1. The first-order valence-corrected chi connectivity index (χ1v) is 12.7. The Morgan fingerprint density at radius 2 is 2.00 bits per heavy atom. The van der Waals surface area contributed by atoms with Crippen molar-refractivity contribution in [2.75, 3.05) is 11.0 Å². The molecule has 4 aliphatic carbocycles. The largest absolute Gasteiger partial charge is 0.457 e. The van der Waals surface area contributed by atoms with Crippen molar-refractivity contribution in [2.24, 2.45) is 28.6 Å². The van der Waals surface area contributed by atoms with Gasteiger partial charge >= 0.3 is 5.97 Å². The van der Waals surface area contributed by atoms with Gasteiger partial charge in [0.25, 0.3) is 0 Å². The summed E-state index contributed by atoms with van der Waals surface area (Å²) < 4.78 is 22.2. The number of carbonyl (C=O) groups is 3. The second-order valence-electron chi connectivity index (χ2n) is 10.4. The van der Waals surface area contributed by atoms with Crippen LogP contribution in [0.4, 0.5) is 4.39 Å². The van der Waals surface area contributed by atoms with Crippen LogP contribution >= 0.6 is 22.6 Å². The monoisotopic (exact) mass is 560 g/mol. The molecule has 32 heavy (non-hydrogen) atoms. The third-order valence-corrected chi connectivity index (χ3v) is 9.74. The van der Waals surface area contributed by atoms with E-state index < -0.39 is 58.4 Å². The lowest BCUT2D eigenvalue weighted by Crippen LogP contribution is -2.69. The van der Waals surface area contributed by atoms with Crippen molar-refractivity contribution >= 4 is 40.1 Å². The van der Waals surface area contributed by atoms with Crippen LogP contribution in [0.1, 0.15) is 46.5 Å². The summed E-state index contributed by atoms with van der Waals surface area (Å²) in [6.45, 7) is 4.72. The van der Waals surface area contributed by atoms with Gasteiger partial charge in [0.15, 0.2) is 18.1 Å². The molecule has 0 aromatic heterocycles. The highest BCUT2D eigenvalue weighted by Crippen LogP contribution is 2.70. The number of ether oxygens (including phenoxy) is 1. The topological polar surface area (TPSA) is 101 Å². The van der Waals surface area contributed by atoms with Gasteiger partial charge < -0.3 is 14.9 Å². The van der Waals surface area contributed by atoms with Gasteiger partial charge in [-0.1, -0.05) is 48.1 Å². The lowest BCUT2D eigenvalue weighted by molar-refractivity contribution is -0.219. The van der Waals surface area contributed by atoms with Crippen molar-refractivity contribution in [1.82, 2.24) is 0 Å². The zero-order chi connectivity index (χ0) is 23.7. The maximum atomic E-state index is 17.1. The fourth-order valence-corrected chi connectivity index (χ4v) is 7.66. The van der Waals surface area contributed by atoms with Crippen molar-refractivity contribution in [1.29, 1.82) is 0 Å². The third-order valence-electron chi connectivity index (χ3n) is 9.12. The van der Waals surface area contributed by atoms with Crippen molar-refractivity contribution in [2.45, 2.75) is 63.8 Å². The van der Waals surface area contributed by atoms with E-state index >= 15 is 4.39 Å². The van der Waals surface area contributed by atoms with Crippen LogP contribution in [-0.2, 0) is 19.1 Å². The summed E-state index contributed by atoms with van der Waals surface area (Å²) >= 11 is 1.84. The number of alkyl halides is 2. The van der Waals surface area contributed by atoms with Crippen molar-refractivity contribution in [3.63, 3.8) is 0 Å². The van der Waals surface area contributed by atoms with Crippen LogP contribution in [0.5, 0.6) is 0 Å². The highest BCUT2D eigenvalue weighted by Gasteiger charge is 2.75. The summed E-state index contributed by atoms with van der Waals surface area (Å²) in [5, 5.41) is 23.0. The Balaban J connectivity index is 1.73. The van der Waals surface area contributed by atoms with E-state index in [0.717, 1.165) is 0 Å². The Labute approximate surface area is 200 Å². The maximum absolute atomic E-state index is 17.1. The molecule has 0 radical (unpaired) electrons. The van der Waals surface area contributed by atoms with Crippen LogP contribution in [0, 0.1) is 28.6 Å². The van der Waals surface area contributed by atoms with E-state index in [1.807, 2.05) is 22.6 Å². The number of Topliss-reactive ketones (excluding diaryl/α,β-unsaturated/α-hetero) is 1. The van der Waals surface area contributed by atoms with Crippen LogP contribution in [0.3, 0.4) is 0 Å². The minimum absolute atomic E-state index is 0.0918. The molecule has 2 N–H and O–H groups in total. The van der Waals surface area contributed by atoms with E-state index in [4.69, 9.17) is 4.74 Å². The Bertz CT molecular complexity index is 931. The average molecular weight is 560 g/mol. The average Bonchev–Trinajstić information content (AvgIpc) is 2.94. The molecule has 8 atom stereocenters. The number of aliphatic hydroxyl groups excluding tert-OH is 1. The summed E-state index contributed by atoms with van der Waals surface area (Å²) in [5.41, 5.74) is -5.34. The number of esters is 1. The van der Waals surface area contributed by atoms with Crippen LogP contribution in [-0.4, -0.2) is 56.2 Å². The molecular formula is C24H30FIO6. The Kier molecular flexibility index (Phi) is 5.78. The lowest BCUT2D eigenvalue weighted by atomic mass is 9.44. The highest BCUT2D eigenvalue weighted by atomic mass is 127. The molecule has 1 unspecified atom stereocenters. The molecule has 0 saturated heterocycles. The predicted octanol–water partition coefficient (Wildman–Crippen LogP) is 2.88. The first-order chi connectivity index (χ1) is 14.9. The smallest absolute Gasteiger partial charge is 0.316 e. The number of hydrogen-bond donors (Lipinski definition) is 2. The van der Waals surface area contributed by atoms with Gasteiger partial charge in [0, 0.05) is 16.7 Å². The number of ketones is 2. The molecule has 8 heteroatoms. The number of aliphatic hydroxyl groups is 2. The minimum Gasteiger partial charge on any atom is -0.457 e. The van der Waals surface area contributed by atoms with Crippen LogP contribution in [0.25, 0.3) is 0 Å². The van der Waals surface area contributed by atoms with Gasteiger partial charge in [0.05, 0.1) is 10.5 Å². The van der Waals surface area contributed by atoms with Gasteiger partial charge in [-0.25, -0.2) is 4.39 Å². The normalized spacial score (nSPS) is 47.2. The van der Waals surface area contributed by atoms with Gasteiger partial charge in [0.1, 0.15) is 5.60 Å². The molecule has 0 aromatic rings. The Hall–Kier alpha value is -1.13. The van der Waals surface area contributed by atoms with Crippen molar-refractivity contribution in [3.8, 4) is 0 Å². The van der Waals surface area contributed by atoms with E-state index in [-0.39, 0.29) is 22.5 Å². The van der Waals surface area contributed by atoms with Crippen molar-refractivity contribution < 1.29 is 33.7 Å². The third kappa shape index (κ3) is 2.90. The lowest BCUT2D eigenvalue weighted by Gasteiger charge is -2.62. The SMILES string of the molecule is C[C@@H]1C[C@H]2[C@@H]3CCC4=CC(=O)C=C[C@]4(C)C3(F)[C@@H](O)C[C@]2(C)[C@@]1(O)C(=O)COC(=O)CI. The number of fused-ring (bicyclic) bond motifs is 5. The standard InChI is InChI=1S/C24H30FIO6/c1-13-8-17-16-5-4-14-9-15(27)6-7-21(14,2)23(16,25)18(28)10-22(17,3)24(13,31)19(29)12-32-20(30)11-26/h6-7,9,13,16-18,28,31H,4-5,8,10-12H2,1-3H3/t13-,16+,17+,18+,21+,22+,23?,24+/m1/s1. The van der Waals surface area contributed by atoms with Crippen LogP contribution < -0.4 is 0 Å². The van der Waals surface area contributed by atoms with Gasteiger partial charge in [-0.3, -0.25) is 14.4 Å². The number of allylic oxidation sites excluding steroid dienone is 4. The molecule has 0 aliphatic heterocycles. The summed E-state index contributed by atoms with van der Waals surface area (Å²) in [4.78, 5) is 36.7. The second kappa shape index (κ2) is 7.70. The molecule has 176 valence electrons. The molecule has 4 aliphatic rings. The number of carbonyl (C=O) groups excluding carboxylic acids is 3. The fourth-order valence-electron chi connectivity index (χ4n) is 7.44. The zero-order valence-electron chi connectivity index (χ0n) is 18.6. The number of hydrogen-bond acceptors (Lipinski definition) is 6. The molecule has 0 spiro atoms. The second-order valence-corrected chi connectivity index (χ2v) is 11.1. The Morgan fingerprint density at radius 3 is 2.66 bits per heavy atom. The molecule has 3 saturated carbocycles. The van der Waals surface area contributed by atoms with Crippen LogP contribution in [0.2, 0.25) is 0 Å². The fraction of sp³-hybridized carbons (Fsp3) is 0.708.